The number of fused-ring (bicyclic) bond motifs is 1. The van der Waals surface area contributed by atoms with Gasteiger partial charge in [-0.15, -0.1) is 11.3 Å². The van der Waals surface area contributed by atoms with Crippen LogP contribution < -0.4 is 4.72 Å². The van der Waals surface area contributed by atoms with Crippen molar-refractivity contribution in [2.24, 2.45) is 0 Å². The minimum atomic E-state index is -3.68. The molecule has 0 aliphatic rings. The molecular weight excluding hydrogens is 392 g/mol. The lowest BCUT2D eigenvalue weighted by molar-refractivity contribution is 0.600. The Balaban J connectivity index is 1.59. The summed E-state index contributed by atoms with van der Waals surface area (Å²) in [4.78, 5) is 4.86. The standard InChI is InChI=1S/C20H20N4O2S2/c1-4-24-12-19(14(3)22-24)28(25,26)23-16-8-6-15(7-9-16)20-21-17-10-5-13(2)11-18(17)27-20/h5-12,23H,4H2,1-3H3. The van der Waals surface area contributed by atoms with Crippen molar-refractivity contribution in [3.63, 3.8) is 0 Å². The van der Waals surface area contributed by atoms with Crippen molar-refractivity contribution in [2.75, 3.05) is 4.72 Å². The first-order chi connectivity index (χ1) is 13.4. The Bertz CT molecular complexity index is 1260. The zero-order valence-electron chi connectivity index (χ0n) is 15.8. The van der Waals surface area contributed by atoms with Crippen LogP contribution in [0.2, 0.25) is 0 Å². The number of hydrogen-bond acceptors (Lipinski definition) is 5. The fourth-order valence-corrected chi connectivity index (χ4v) is 5.29. The van der Waals surface area contributed by atoms with Crippen LogP contribution in [0.25, 0.3) is 20.8 Å². The molecule has 8 heteroatoms. The number of benzene rings is 2. The lowest BCUT2D eigenvalue weighted by Crippen LogP contribution is -2.13. The molecule has 2 heterocycles. The van der Waals surface area contributed by atoms with E-state index in [1.807, 2.05) is 31.2 Å². The number of aryl methyl sites for hydroxylation is 3. The molecule has 0 radical (unpaired) electrons. The lowest BCUT2D eigenvalue weighted by Gasteiger charge is -2.07. The largest absolute Gasteiger partial charge is 0.280 e. The molecule has 28 heavy (non-hydrogen) atoms. The van der Waals surface area contributed by atoms with Crippen LogP contribution in [-0.4, -0.2) is 23.2 Å². The molecule has 2 aromatic heterocycles. The molecule has 2 aromatic carbocycles. The molecule has 0 aliphatic carbocycles. The third-order valence-electron chi connectivity index (χ3n) is 4.44. The Labute approximate surface area is 167 Å². The van der Waals surface area contributed by atoms with Crippen LogP contribution in [0.15, 0.2) is 53.6 Å². The van der Waals surface area contributed by atoms with Gasteiger partial charge in [0.25, 0.3) is 10.0 Å². The van der Waals surface area contributed by atoms with Gasteiger partial charge in [-0.1, -0.05) is 6.07 Å². The van der Waals surface area contributed by atoms with Gasteiger partial charge in [0, 0.05) is 24.0 Å². The summed E-state index contributed by atoms with van der Waals surface area (Å²) in [6, 6.07) is 13.5. The van der Waals surface area contributed by atoms with Gasteiger partial charge in [-0.05, 0) is 62.7 Å². The predicted molar refractivity (Wildman–Crippen MR) is 113 cm³/mol. The number of nitrogens with one attached hydrogen (secondary N) is 1. The second kappa shape index (κ2) is 7.03. The van der Waals surface area contributed by atoms with Gasteiger partial charge in [0.15, 0.2) is 0 Å². The maximum atomic E-state index is 12.7. The number of aromatic nitrogens is 3. The van der Waals surface area contributed by atoms with Crippen LogP contribution in [0.3, 0.4) is 0 Å². The number of thiazole rings is 1. The summed E-state index contributed by atoms with van der Waals surface area (Å²) in [7, 11) is -3.68. The summed E-state index contributed by atoms with van der Waals surface area (Å²) in [6.07, 6.45) is 1.55. The molecule has 0 saturated heterocycles. The zero-order chi connectivity index (χ0) is 19.9. The van der Waals surface area contributed by atoms with Gasteiger partial charge in [-0.2, -0.15) is 5.10 Å². The Kier molecular flexibility index (Phi) is 4.68. The number of rotatable bonds is 5. The summed E-state index contributed by atoms with van der Waals surface area (Å²) in [6.45, 7) is 6.29. The van der Waals surface area contributed by atoms with Gasteiger partial charge in [0.2, 0.25) is 0 Å². The smallest absolute Gasteiger partial charge is 0.265 e. The summed E-state index contributed by atoms with van der Waals surface area (Å²) >= 11 is 1.63. The quantitative estimate of drug-likeness (QED) is 0.520. The molecule has 6 nitrogen and oxygen atoms in total. The molecule has 0 amide bonds. The Morgan fingerprint density at radius 2 is 1.86 bits per heavy atom. The Hall–Kier alpha value is -2.71. The minimum absolute atomic E-state index is 0.194. The van der Waals surface area contributed by atoms with Crippen LogP contribution in [-0.2, 0) is 16.6 Å². The highest BCUT2D eigenvalue weighted by atomic mass is 32.2. The minimum Gasteiger partial charge on any atom is -0.280 e. The van der Waals surface area contributed by atoms with Crippen molar-refractivity contribution < 1.29 is 8.42 Å². The van der Waals surface area contributed by atoms with E-state index in [9.17, 15) is 8.42 Å². The van der Waals surface area contributed by atoms with Gasteiger partial charge < -0.3 is 0 Å². The highest BCUT2D eigenvalue weighted by molar-refractivity contribution is 7.92. The molecular formula is C20H20N4O2S2. The van der Waals surface area contributed by atoms with Crippen molar-refractivity contribution in [1.29, 1.82) is 0 Å². The van der Waals surface area contributed by atoms with E-state index in [1.54, 1.807) is 41.3 Å². The highest BCUT2D eigenvalue weighted by Crippen LogP contribution is 2.31. The third-order valence-corrected chi connectivity index (χ3v) is 6.99. The Morgan fingerprint density at radius 1 is 1.11 bits per heavy atom. The molecule has 4 rings (SSSR count). The number of anilines is 1. The van der Waals surface area contributed by atoms with Crippen molar-refractivity contribution >= 4 is 37.3 Å². The van der Waals surface area contributed by atoms with E-state index in [2.05, 4.69) is 27.8 Å². The van der Waals surface area contributed by atoms with Crippen molar-refractivity contribution in [3.05, 3.63) is 59.9 Å². The molecule has 0 unspecified atom stereocenters. The number of hydrogen-bond donors (Lipinski definition) is 1. The van der Waals surface area contributed by atoms with E-state index < -0.39 is 10.0 Å². The fraction of sp³-hybridized carbons (Fsp3) is 0.200. The first-order valence-electron chi connectivity index (χ1n) is 8.90. The van der Waals surface area contributed by atoms with E-state index in [1.165, 1.54) is 5.56 Å². The first-order valence-corrected chi connectivity index (χ1v) is 11.2. The zero-order valence-corrected chi connectivity index (χ0v) is 17.4. The summed E-state index contributed by atoms with van der Waals surface area (Å²) in [5.41, 5.74) is 4.12. The van der Waals surface area contributed by atoms with Gasteiger partial charge in [0.1, 0.15) is 9.90 Å². The summed E-state index contributed by atoms with van der Waals surface area (Å²) in [5, 5.41) is 5.12. The maximum absolute atomic E-state index is 12.7. The Morgan fingerprint density at radius 3 is 2.54 bits per heavy atom. The van der Waals surface area contributed by atoms with E-state index >= 15 is 0 Å². The number of nitrogens with zero attached hydrogens (tertiary/aromatic N) is 3. The maximum Gasteiger partial charge on any atom is 0.265 e. The van der Waals surface area contributed by atoms with Gasteiger partial charge in [-0.3, -0.25) is 9.40 Å². The van der Waals surface area contributed by atoms with Crippen molar-refractivity contribution in [2.45, 2.75) is 32.2 Å². The van der Waals surface area contributed by atoms with Crippen molar-refractivity contribution in [1.82, 2.24) is 14.8 Å². The van der Waals surface area contributed by atoms with Crippen LogP contribution in [0.5, 0.6) is 0 Å². The fourth-order valence-electron chi connectivity index (χ4n) is 2.97. The normalized spacial score (nSPS) is 11.8. The average Bonchev–Trinajstić information content (AvgIpc) is 3.25. The highest BCUT2D eigenvalue weighted by Gasteiger charge is 2.20. The lowest BCUT2D eigenvalue weighted by atomic mass is 10.2. The van der Waals surface area contributed by atoms with Crippen LogP contribution in [0.4, 0.5) is 5.69 Å². The van der Waals surface area contributed by atoms with E-state index in [-0.39, 0.29) is 4.90 Å². The molecule has 0 bridgehead atoms. The first kappa shape index (κ1) is 18.6. The van der Waals surface area contributed by atoms with Gasteiger partial charge in [0.05, 0.1) is 15.9 Å². The van der Waals surface area contributed by atoms with Crippen LogP contribution in [0.1, 0.15) is 18.2 Å². The molecule has 144 valence electrons. The SMILES string of the molecule is CCn1cc(S(=O)(=O)Nc2ccc(-c3nc4ccc(C)cc4s3)cc2)c(C)n1. The van der Waals surface area contributed by atoms with Gasteiger partial charge >= 0.3 is 0 Å². The second-order valence-corrected chi connectivity index (χ2v) is 9.29. The number of sulfonamides is 1. The molecule has 4 aromatic rings. The molecule has 0 fully saturated rings. The van der Waals surface area contributed by atoms with Gasteiger partial charge in [-0.25, -0.2) is 13.4 Å². The topological polar surface area (TPSA) is 76.9 Å². The van der Waals surface area contributed by atoms with Crippen molar-refractivity contribution in [3.8, 4) is 10.6 Å². The van der Waals surface area contributed by atoms with E-state index in [0.717, 1.165) is 20.8 Å². The molecule has 0 spiro atoms. The van der Waals surface area contributed by atoms with Crippen LogP contribution in [0, 0.1) is 13.8 Å². The molecule has 0 saturated carbocycles. The predicted octanol–water partition coefficient (Wildman–Crippen LogP) is 4.60. The summed E-state index contributed by atoms with van der Waals surface area (Å²) in [5.74, 6) is 0. The molecule has 0 atom stereocenters. The summed E-state index contributed by atoms with van der Waals surface area (Å²) < 4.78 is 30.7. The second-order valence-electron chi connectivity index (χ2n) is 6.61. The molecule has 1 N–H and O–H groups in total. The van der Waals surface area contributed by atoms with E-state index in [0.29, 0.717) is 17.9 Å². The van der Waals surface area contributed by atoms with E-state index in [4.69, 9.17) is 0 Å². The molecule has 0 aliphatic heterocycles. The third kappa shape index (κ3) is 3.53. The monoisotopic (exact) mass is 412 g/mol. The van der Waals surface area contributed by atoms with Crippen LogP contribution >= 0.6 is 11.3 Å². The average molecular weight is 413 g/mol.